The molecule has 1 rings (SSSR count). The maximum absolute atomic E-state index is 3.40. The Bertz CT molecular complexity index is 169. The first-order valence-electron chi connectivity index (χ1n) is 3.44. The van der Waals surface area contributed by atoms with Crippen LogP contribution in [0.4, 0.5) is 0 Å². The van der Waals surface area contributed by atoms with Crippen LogP contribution in [-0.4, -0.2) is 5.33 Å². The summed E-state index contributed by atoms with van der Waals surface area (Å²) in [6, 6.07) is 11.1. The molecular formula is C9H10Br. The molecule has 0 heterocycles. The van der Waals surface area contributed by atoms with Gasteiger partial charge in [0.25, 0.3) is 0 Å². The highest BCUT2D eigenvalue weighted by atomic mass is 79.9. The van der Waals surface area contributed by atoms with Crippen molar-refractivity contribution in [3.05, 3.63) is 35.9 Å². The maximum atomic E-state index is 3.40. The van der Waals surface area contributed by atoms with Crippen LogP contribution in [0.1, 0.15) is 12.0 Å². The SMILES string of the molecule is BrCCCc1cc[c]cc1. The summed E-state index contributed by atoms with van der Waals surface area (Å²) in [5, 5.41) is 1.09. The lowest BCUT2D eigenvalue weighted by molar-refractivity contribution is 0.939. The number of rotatable bonds is 3. The number of hydrogen-bond donors (Lipinski definition) is 0. The Balaban J connectivity index is 2.43. The molecule has 53 valence electrons. The molecule has 0 saturated carbocycles. The molecule has 0 nitrogen and oxygen atoms in total. The highest BCUT2D eigenvalue weighted by Gasteiger charge is 1.88. The van der Waals surface area contributed by atoms with Gasteiger partial charge in [-0.1, -0.05) is 40.2 Å². The lowest BCUT2D eigenvalue weighted by Gasteiger charge is -1.95. The second-order valence-corrected chi connectivity index (χ2v) is 2.99. The van der Waals surface area contributed by atoms with E-state index in [0.717, 1.165) is 5.33 Å². The van der Waals surface area contributed by atoms with Gasteiger partial charge in [0.2, 0.25) is 0 Å². The average molecular weight is 198 g/mol. The molecule has 0 aliphatic carbocycles. The van der Waals surface area contributed by atoms with Crippen molar-refractivity contribution in [3.63, 3.8) is 0 Å². The molecule has 1 radical (unpaired) electrons. The van der Waals surface area contributed by atoms with Gasteiger partial charge < -0.3 is 0 Å². The van der Waals surface area contributed by atoms with Crippen LogP contribution in [0.5, 0.6) is 0 Å². The minimum absolute atomic E-state index is 1.09. The molecular weight excluding hydrogens is 188 g/mol. The predicted molar refractivity (Wildman–Crippen MR) is 47.4 cm³/mol. The third kappa shape index (κ3) is 2.53. The average Bonchev–Trinajstić information content (AvgIpc) is 2.03. The zero-order valence-electron chi connectivity index (χ0n) is 5.81. The Kier molecular flexibility index (Phi) is 3.52. The number of aryl methyl sites for hydroxylation is 1. The maximum Gasteiger partial charge on any atom is 0.00344 e. The second-order valence-electron chi connectivity index (χ2n) is 2.20. The van der Waals surface area contributed by atoms with Crippen molar-refractivity contribution < 1.29 is 0 Å². The Morgan fingerprint density at radius 3 is 2.60 bits per heavy atom. The van der Waals surface area contributed by atoms with Crippen molar-refractivity contribution in [1.82, 2.24) is 0 Å². The first-order valence-corrected chi connectivity index (χ1v) is 4.56. The summed E-state index contributed by atoms with van der Waals surface area (Å²) in [4.78, 5) is 0. The van der Waals surface area contributed by atoms with Crippen molar-refractivity contribution in [2.45, 2.75) is 12.8 Å². The van der Waals surface area contributed by atoms with Crippen LogP contribution in [-0.2, 0) is 6.42 Å². The van der Waals surface area contributed by atoms with Gasteiger partial charge in [-0.15, -0.1) is 0 Å². The van der Waals surface area contributed by atoms with Gasteiger partial charge in [-0.05, 0) is 24.5 Å². The smallest absolute Gasteiger partial charge is 0.00344 e. The summed E-state index contributed by atoms with van der Waals surface area (Å²) in [7, 11) is 0. The fourth-order valence-corrected chi connectivity index (χ4v) is 1.14. The summed E-state index contributed by atoms with van der Waals surface area (Å²) in [5.41, 5.74) is 1.40. The highest BCUT2D eigenvalue weighted by Crippen LogP contribution is 2.02. The van der Waals surface area contributed by atoms with Crippen molar-refractivity contribution in [2.75, 3.05) is 5.33 Å². The Morgan fingerprint density at radius 2 is 2.00 bits per heavy atom. The zero-order valence-corrected chi connectivity index (χ0v) is 7.39. The molecule has 0 aromatic heterocycles. The predicted octanol–water partition coefficient (Wildman–Crippen LogP) is 2.81. The summed E-state index contributed by atoms with van der Waals surface area (Å²) >= 11 is 3.40. The van der Waals surface area contributed by atoms with E-state index in [-0.39, 0.29) is 0 Å². The summed E-state index contributed by atoms with van der Waals surface area (Å²) in [5.74, 6) is 0. The number of halogens is 1. The van der Waals surface area contributed by atoms with Crippen molar-refractivity contribution in [3.8, 4) is 0 Å². The topological polar surface area (TPSA) is 0 Å². The van der Waals surface area contributed by atoms with E-state index in [1.165, 1.54) is 18.4 Å². The van der Waals surface area contributed by atoms with Gasteiger partial charge in [-0.3, -0.25) is 0 Å². The van der Waals surface area contributed by atoms with Crippen molar-refractivity contribution in [2.24, 2.45) is 0 Å². The van der Waals surface area contributed by atoms with E-state index in [9.17, 15) is 0 Å². The van der Waals surface area contributed by atoms with E-state index in [1.807, 2.05) is 12.1 Å². The number of hydrogen-bond acceptors (Lipinski definition) is 0. The van der Waals surface area contributed by atoms with Gasteiger partial charge in [0.1, 0.15) is 0 Å². The van der Waals surface area contributed by atoms with Gasteiger partial charge in [-0.2, -0.15) is 0 Å². The van der Waals surface area contributed by atoms with E-state index in [1.54, 1.807) is 0 Å². The molecule has 0 fully saturated rings. The van der Waals surface area contributed by atoms with Crippen LogP contribution in [0.15, 0.2) is 24.3 Å². The molecule has 1 heteroatoms. The van der Waals surface area contributed by atoms with E-state index in [4.69, 9.17) is 0 Å². The molecule has 0 spiro atoms. The first-order chi connectivity index (χ1) is 4.93. The molecule has 0 amide bonds. The molecule has 0 atom stereocenters. The second kappa shape index (κ2) is 4.51. The van der Waals surface area contributed by atoms with Crippen LogP contribution in [0, 0.1) is 6.07 Å². The molecule has 0 bridgehead atoms. The standard InChI is InChI=1S/C9H10Br/c10-8-4-7-9-5-2-1-3-6-9/h2-3,5-6H,4,7-8H2. The first kappa shape index (κ1) is 7.80. The largest absolute Gasteiger partial charge is 0.0928 e. The number of benzene rings is 1. The minimum atomic E-state index is 1.09. The summed E-state index contributed by atoms with van der Waals surface area (Å²) in [6.07, 6.45) is 2.38. The van der Waals surface area contributed by atoms with Crippen LogP contribution >= 0.6 is 15.9 Å². The van der Waals surface area contributed by atoms with Crippen molar-refractivity contribution in [1.29, 1.82) is 0 Å². The van der Waals surface area contributed by atoms with Gasteiger partial charge in [0, 0.05) is 5.33 Å². The van der Waals surface area contributed by atoms with Crippen molar-refractivity contribution >= 4 is 15.9 Å². The van der Waals surface area contributed by atoms with E-state index in [0.29, 0.717) is 0 Å². The monoisotopic (exact) mass is 197 g/mol. The van der Waals surface area contributed by atoms with Gasteiger partial charge in [0.05, 0.1) is 0 Å². The van der Waals surface area contributed by atoms with Gasteiger partial charge in [0.15, 0.2) is 0 Å². The van der Waals surface area contributed by atoms with Crippen LogP contribution in [0.3, 0.4) is 0 Å². The molecule has 0 saturated heterocycles. The Hall–Kier alpha value is -0.300. The zero-order chi connectivity index (χ0) is 7.23. The molecule has 0 unspecified atom stereocenters. The fraction of sp³-hybridized carbons (Fsp3) is 0.333. The van der Waals surface area contributed by atoms with Crippen LogP contribution < -0.4 is 0 Å². The normalized spacial score (nSPS) is 9.70. The van der Waals surface area contributed by atoms with E-state index in [2.05, 4.69) is 34.1 Å². The molecule has 0 aliphatic heterocycles. The third-order valence-corrected chi connectivity index (χ3v) is 1.95. The van der Waals surface area contributed by atoms with Crippen LogP contribution in [0.25, 0.3) is 0 Å². The highest BCUT2D eigenvalue weighted by molar-refractivity contribution is 9.09. The molecule has 10 heavy (non-hydrogen) atoms. The number of alkyl halides is 1. The molecule has 1 aromatic rings. The molecule has 0 N–H and O–H groups in total. The summed E-state index contributed by atoms with van der Waals surface area (Å²) in [6.45, 7) is 0. The third-order valence-electron chi connectivity index (χ3n) is 1.39. The lowest BCUT2D eigenvalue weighted by atomic mass is 10.1. The van der Waals surface area contributed by atoms with Crippen LogP contribution in [0.2, 0.25) is 0 Å². The summed E-state index contributed by atoms with van der Waals surface area (Å²) < 4.78 is 0. The van der Waals surface area contributed by atoms with Gasteiger partial charge in [-0.25, -0.2) is 0 Å². The molecule has 1 aromatic carbocycles. The lowest BCUT2D eigenvalue weighted by Crippen LogP contribution is -1.83. The quantitative estimate of drug-likeness (QED) is 0.655. The van der Waals surface area contributed by atoms with Gasteiger partial charge >= 0.3 is 0 Å². The fourth-order valence-electron chi connectivity index (χ4n) is 0.859. The Labute approximate surface area is 70.4 Å². The Morgan fingerprint density at radius 1 is 1.30 bits per heavy atom. The molecule has 0 aliphatic rings. The minimum Gasteiger partial charge on any atom is -0.0928 e. The van der Waals surface area contributed by atoms with E-state index < -0.39 is 0 Å². The van der Waals surface area contributed by atoms with E-state index >= 15 is 0 Å².